The maximum Gasteiger partial charge on any atom is 0.248 e. The minimum absolute atomic E-state index is 0.313. The second-order valence-electron chi connectivity index (χ2n) is 5.87. The van der Waals surface area contributed by atoms with Crippen molar-refractivity contribution >= 4 is 50.5 Å². The van der Waals surface area contributed by atoms with Crippen molar-refractivity contribution in [2.45, 2.75) is 26.3 Å². The van der Waals surface area contributed by atoms with E-state index in [2.05, 4.69) is 5.32 Å². The first-order valence-corrected chi connectivity index (χ1v) is 10.6. The lowest BCUT2D eigenvalue weighted by Crippen LogP contribution is -2.45. The SMILES string of the molecule is CCc1ccc(N([C@@H](C)C(=O)Nc2cc(Cl)ccc2Cl)S(C)(=O)=O)cc1. The van der Waals surface area contributed by atoms with Crippen LogP contribution in [0, 0.1) is 0 Å². The van der Waals surface area contributed by atoms with Gasteiger partial charge in [0.15, 0.2) is 0 Å². The predicted molar refractivity (Wildman–Crippen MR) is 108 cm³/mol. The fourth-order valence-corrected chi connectivity index (χ4v) is 4.03. The molecule has 0 aromatic heterocycles. The number of carbonyl (C=O) groups excluding carboxylic acids is 1. The van der Waals surface area contributed by atoms with Crippen molar-refractivity contribution in [3.05, 3.63) is 58.1 Å². The van der Waals surface area contributed by atoms with Gasteiger partial charge in [-0.15, -0.1) is 0 Å². The first-order chi connectivity index (χ1) is 12.1. The molecule has 0 saturated heterocycles. The zero-order chi connectivity index (χ0) is 19.5. The van der Waals surface area contributed by atoms with Crippen LogP contribution in [0.1, 0.15) is 19.4 Å². The van der Waals surface area contributed by atoms with Gasteiger partial charge in [-0.1, -0.05) is 42.3 Å². The average molecular weight is 415 g/mol. The predicted octanol–water partition coefficient (Wildman–Crippen LogP) is 4.35. The molecule has 2 rings (SSSR count). The zero-order valence-corrected chi connectivity index (χ0v) is 17.0. The van der Waals surface area contributed by atoms with E-state index in [0.29, 0.717) is 21.4 Å². The Morgan fingerprint density at radius 1 is 1.15 bits per heavy atom. The monoisotopic (exact) mass is 414 g/mol. The number of nitrogens with zero attached hydrogens (tertiary/aromatic N) is 1. The summed E-state index contributed by atoms with van der Waals surface area (Å²) in [5.41, 5.74) is 1.82. The second kappa shape index (κ2) is 8.29. The molecular formula is C18H20Cl2N2O3S. The summed E-state index contributed by atoms with van der Waals surface area (Å²) in [6, 6.07) is 10.7. The summed E-state index contributed by atoms with van der Waals surface area (Å²) < 4.78 is 25.7. The average Bonchev–Trinajstić information content (AvgIpc) is 2.57. The number of carbonyl (C=O) groups is 1. The molecule has 0 unspecified atom stereocenters. The lowest BCUT2D eigenvalue weighted by molar-refractivity contribution is -0.116. The van der Waals surface area contributed by atoms with Crippen molar-refractivity contribution in [1.82, 2.24) is 0 Å². The lowest BCUT2D eigenvalue weighted by Gasteiger charge is -2.28. The van der Waals surface area contributed by atoms with E-state index in [0.717, 1.165) is 22.5 Å². The summed E-state index contributed by atoms with van der Waals surface area (Å²) in [6.45, 7) is 3.52. The fourth-order valence-electron chi connectivity index (χ4n) is 2.52. The van der Waals surface area contributed by atoms with Gasteiger partial charge in [0.25, 0.3) is 0 Å². The second-order valence-corrected chi connectivity index (χ2v) is 8.57. The number of rotatable bonds is 6. The quantitative estimate of drug-likeness (QED) is 0.763. The molecule has 0 saturated carbocycles. The van der Waals surface area contributed by atoms with E-state index >= 15 is 0 Å². The Labute approximate surface area is 164 Å². The van der Waals surface area contributed by atoms with E-state index in [-0.39, 0.29) is 0 Å². The van der Waals surface area contributed by atoms with Crippen LogP contribution in [-0.4, -0.2) is 26.6 Å². The van der Waals surface area contributed by atoms with Crippen molar-refractivity contribution in [2.75, 3.05) is 15.9 Å². The normalized spacial score (nSPS) is 12.5. The molecule has 1 N–H and O–H groups in total. The summed E-state index contributed by atoms with van der Waals surface area (Å²) in [5.74, 6) is -0.515. The smallest absolute Gasteiger partial charge is 0.248 e. The Balaban J connectivity index is 2.32. The van der Waals surface area contributed by atoms with Gasteiger partial charge in [0.2, 0.25) is 15.9 Å². The molecule has 0 aliphatic rings. The van der Waals surface area contributed by atoms with Gasteiger partial charge in [0.05, 0.1) is 22.7 Å². The molecule has 1 amide bonds. The Morgan fingerprint density at radius 2 is 1.77 bits per heavy atom. The molecule has 0 radical (unpaired) electrons. The van der Waals surface area contributed by atoms with Gasteiger partial charge in [-0.2, -0.15) is 0 Å². The summed E-state index contributed by atoms with van der Waals surface area (Å²) in [4.78, 5) is 12.6. The molecule has 26 heavy (non-hydrogen) atoms. The molecule has 0 bridgehead atoms. The fraction of sp³-hybridized carbons (Fsp3) is 0.278. The summed E-state index contributed by atoms with van der Waals surface area (Å²) in [6.07, 6.45) is 1.90. The molecule has 0 fully saturated rings. The van der Waals surface area contributed by atoms with E-state index in [9.17, 15) is 13.2 Å². The molecule has 0 spiro atoms. The summed E-state index contributed by atoms with van der Waals surface area (Å²) in [5, 5.41) is 3.36. The van der Waals surface area contributed by atoms with Crippen LogP contribution in [0.5, 0.6) is 0 Å². The van der Waals surface area contributed by atoms with E-state index < -0.39 is 22.0 Å². The minimum atomic E-state index is -3.68. The van der Waals surface area contributed by atoms with Gasteiger partial charge in [-0.05, 0) is 49.2 Å². The van der Waals surface area contributed by atoms with E-state index in [1.54, 1.807) is 24.3 Å². The highest BCUT2D eigenvalue weighted by molar-refractivity contribution is 7.92. The number of benzene rings is 2. The molecule has 0 aliphatic heterocycles. The molecule has 5 nitrogen and oxygen atoms in total. The maximum atomic E-state index is 12.6. The number of halogens is 2. The number of aryl methyl sites for hydroxylation is 1. The van der Waals surface area contributed by atoms with Crippen LogP contribution >= 0.6 is 23.2 Å². The molecule has 2 aromatic rings. The Hall–Kier alpha value is -1.76. The van der Waals surface area contributed by atoms with Crippen LogP contribution in [0.25, 0.3) is 0 Å². The molecule has 140 valence electrons. The first-order valence-electron chi connectivity index (χ1n) is 7.97. The van der Waals surface area contributed by atoms with Gasteiger partial charge in [0.1, 0.15) is 6.04 Å². The number of anilines is 2. The van der Waals surface area contributed by atoms with Gasteiger partial charge < -0.3 is 5.32 Å². The zero-order valence-electron chi connectivity index (χ0n) is 14.7. The lowest BCUT2D eigenvalue weighted by atomic mass is 10.1. The van der Waals surface area contributed by atoms with Gasteiger partial charge in [-0.25, -0.2) is 8.42 Å². The van der Waals surface area contributed by atoms with Crippen molar-refractivity contribution in [3.63, 3.8) is 0 Å². The Bertz CT molecular complexity index is 899. The largest absolute Gasteiger partial charge is 0.323 e. The van der Waals surface area contributed by atoms with Crippen molar-refractivity contribution in [3.8, 4) is 0 Å². The standard InChI is InChI=1S/C18H20Cl2N2O3S/c1-4-13-5-8-15(9-6-13)22(26(3,24)25)12(2)18(23)21-17-11-14(19)7-10-16(17)20/h5-12H,4H2,1-3H3,(H,21,23)/t12-/m0/s1. The van der Waals surface area contributed by atoms with E-state index in [1.165, 1.54) is 13.0 Å². The highest BCUT2D eigenvalue weighted by Crippen LogP contribution is 2.27. The third kappa shape index (κ3) is 4.90. The minimum Gasteiger partial charge on any atom is -0.323 e. The van der Waals surface area contributed by atoms with Crippen molar-refractivity contribution in [2.24, 2.45) is 0 Å². The number of amides is 1. The van der Waals surface area contributed by atoms with Crippen LogP contribution in [-0.2, 0) is 21.2 Å². The third-order valence-corrected chi connectivity index (χ3v) is 5.68. The molecular weight excluding hydrogens is 395 g/mol. The molecule has 1 atom stereocenters. The van der Waals surface area contributed by atoms with Gasteiger partial charge in [0, 0.05) is 5.02 Å². The van der Waals surface area contributed by atoms with E-state index in [4.69, 9.17) is 23.2 Å². The Kier molecular flexibility index (Phi) is 6.55. The number of sulfonamides is 1. The number of nitrogens with one attached hydrogen (secondary N) is 1. The highest BCUT2D eigenvalue weighted by Gasteiger charge is 2.29. The topological polar surface area (TPSA) is 66.5 Å². The first kappa shape index (κ1) is 20.6. The van der Waals surface area contributed by atoms with Gasteiger partial charge in [-0.3, -0.25) is 9.10 Å². The van der Waals surface area contributed by atoms with Crippen LogP contribution in [0.15, 0.2) is 42.5 Å². The van der Waals surface area contributed by atoms with E-state index in [1.807, 2.05) is 19.1 Å². The molecule has 0 heterocycles. The number of hydrogen-bond donors (Lipinski definition) is 1. The van der Waals surface area contributed by atoms with Crippen LogP contribution < -0.4 is 9.62 Å². The van der Waals surface area contributed by atoms with Crippen LogP contribution in [0.4, 0.5) is 11.4 Å². The summed E-state index contributed by atoms with van der Waals surface area (Å²) in [7, 11) is -3.68. The van der Waals surface area contributed by atoms with Crippen LogP contribution in [0.2, 0.25) is 10.0 Å². The Morgan fingerprint density at radius 3 is 2.31 bits per heavy atom. The molecule has 2 aromatic carbocycles. The third-order valence-electron chi connectivity index (χ3n) is 3.87. The van der Waals surface area contributed by atoms with Crippen LogP contribution in [0.3, 0.4) is 0 Å². The molecule has 8 heteroatoms. The van der Waals surface area contributed by atoms with Gasteiger partial charge >= 0.3 is 0 Å². The highest BCUT2D eigenvalue weighted by atomic mass is 35.5. The van der Waals surface area contributed by atoms with Crippen molar-refractivity contribution in [1.29, 1.82) is 0 Å². The number of hydrogen-bond acceptors (Lipinski definition) is 3. The molecule has 0 aliphatic carbocycles. The maximum absolute atomic E-state index is 12.6. The van der Waals surface area contributed by atoms with Crippen molar-refractivity contribution < 1.29 is 13.2 Å². The summed E-state index contributed by atoms with van der Waals surface area (Å²) >= 11 is 12.0.